The number of aromatic amines is 1. The lowest BCUT2D eigenvalue weighted by Gasteiger charge is -2.03. The first-order chi connectivity index (χ1) is 8.06. The van der Waals surface area contributed by atoms with Crippen LogP contribution < -0.4 is 5.76 Å². The third-order valence-electron chi connectivity index (χ3n) is 2.69. The Bertz CT molecular complexity index is 592. The second-order valence-corrected chi connectivity index (χ2v) is 4.58. The predicted molar refractivity (Wildman–Crippen MR) is 65.2 cm³/mol. The van der Waals surface area contributed by atoms with Crippen LogP contribution in [0.15, 0.2) is 27.4 Å². The molecule has 0 aliphatic carbocycles. The second kappa shape index (κ2) is 4.57. The molecule has 0 bridgehead atoms. The molecule has 1 aromatic carbocycles. The van der Waals surface area contributed by atoms with Gasteiger partial charge in [0.1, 0.15) is 0 Å². The van der Waals surface area contributed by atoms with Crippen molar-refractivity contribution in [3.8, 4) is 0 Å². The van der Waals surface area contributed by atoms with E-state index in [4.69, 9.17) is 4.42 Å². The fraction of sp³-hybridized carbons (Fsp3) is 0.385. The Balaban J connectivity index is 2.23. The van der Waals surface area contributed by atoms with Gasteiger partial charge in [0.05, 0.1) is 5.52 Å². The summed E-state index contributed by atoms with van der Waals surface area (Å²) in [5, 5.41) is 0. The maximum atomic E-state index is 11.9. The van der Waals surface area contributed by atoms with Gasteiger partial charge in [-0.05, 0) is 30.5 Å². The molecule has 0 unspecified atom stereocenters. The van der Waals surface area contributed by atoms with Crippen molar-refractivity contribution >= 4 is 16.9 Å². The van der Waals surface area contributed by atoms with Crippen molar-refractivity contribution in [2.45, 2.75) is 26.7 Å². The molecule has 0 saturated carbocycles. The molecule has 0 amide bonds. The van der Waals surface area contributed by atoms with Crippen LogP contribution in [-0.4, -0.2) is 10.8 Å². The molecule has 1 heterocycles. The SMILES string of the molecule is CC(C)CCC(=O)c1ccc2[nH]c(=O)oc2c1. The highest BCUT2D eigenvalue weighted by molar-refractivity contribution is 5.98. The van der Waals surface area contributed by atoms with Gasteiger partial charge in [-0.2, -0.15) is 0 Å². The van der Waals surface area contributed by atoms with Gasteiger partial charge in [0, 0.05) is 12.0 Å². The molecule has 0 aliphatic rings. The molecule has 2 rings (SSSR count). The van der Waals surface area contributed by atoms with Gasteiger partial charge < -0.3 is 4.42 Å². The van der Waals surface area contributed by atoms with E-state index in [-0.39, 0.29) is 5.78 Å². The zero-order valence-corrected chi connectivity index (χ0v) is 9.95. The van der Waals surface area contributed by atoms with Gasteiger partial charge in [-0.3, -0.25) is 9.78 Å². The lowest BCUT2D eigenvalue weighted by molar-refractivity contribution is 0.0975. The van der Waals surface area contributed by atoms with Crippen LogP contribution in [-0.2, 0) is 0 Å². The Hall–Kier alpha value is -1.84. The van der Waals surface area contributed by atoms with Crippen LogP contribution in [0.3, 0.4) is 0 Å². The highest BCUT2D eigenvalue weighted by atomic mass is 16.4. The molecule has 17 heavy (non-hydrogen) atoms. The van der Waals surface area contributed by atoms with Gasteiger partial charge in [0.25, 0.3) is 0 Å². The Morgan fingerprint density at radius 3 is 2.88 bits per heavy atom. The maximum Gasteiger partial charge on any atom is 0.417 e. The number of aromatic nitrogens is 1. The summed E-state index contributed by atoms with van der Waals surface area (Å²) in [5.41, 5.74) is 1.65. The lowest BCUT2D eigenvalue weighted by atomic mass is 10.0. The van der Waals surface area contributed by atoms with Crippen LogP contribution in [0.5, 0.6) is 0 Å². The molecule has 1 N–H and O–H groups in total. The normalized spacial score (nSPS) is 11.2. The number of benzene rings is 1. The average molecular weight is 233 g/mol. The fourth-order valence-corrected chi connectivity index (χ4v) is 1.68. The summed E-state index contributed by atoms with van der Waals surface area (Å²) in [4.78, 5) is 25.4. The minimum atomic E-state index is -0.494. The number of H-pyrrole nitrogens is 1. The highest BCUT2D eigenvalue weighted by Gasteiger charge is 2.09. The Morgan fingerprint density at radius 1 is 1.41 bits per heavy atom. The molecule has 0 atom stereocenters. The third kappa shape index (κ3) is 2.64. The molecular weight excluding hydrogens is 218 g/mol. The summed E-state index contributed by atoms with van der Waals surface area (Å²) in [7, 11) is 0. The number of oxazole rings is 1. The first-order valence-corrected chi connectivity index (χ1v) is 5.72. The van der Waals surface area contributed by atoms with Crippen LogP contribution in [0.4, 0.5) is 0 Å². The molecule has 0 aliphatic heterocycles. The number of rotatable bonds is 4. The molecule has 0 radical (unpaired) electrons. The van der Waals surface area contributed by atoms with E-state index < -0.39 is 5.76 Å². The van der Waals surface area contributed by atoms with E-state index in [1.807, 2.05) is 0 Å². The average Bonchev–Trinajstić information content (AvgIpc) is 2.64. The van der Waals surface area contributed by atoms with Gasteiger partial charge in [-0.15, -0.1) is 0 Å². The molecule has 0 spiro atoms. The van der Waals surface area contributed by atoms with Crippen LogP contribution in [0.1, 0.15) is 37.0 Å². The molecule has 90 valence electrons. The Labute approximate surface area is 98.6 Å². The van der Waals surface area contributed by atoms with Gasteiger partial charge in [0.2, 0.25) is 0 Å². The minimum Gasteiger partial charge on any atom is -0.408 e. The summed E-state index contributed by atoms with van der Waals surface area (Å²) in [6.07, 6.45) is 1.39. The van der Waals surface area contributed by atoms with Gasteiger partial charge in [-0.1, -0.05) is 13.8 Å². The number of Topliss-reactive ketones (excluding diaryl/α,β-unsaturated/α-hetero) is 1. The highest BCUT2D eigenvalue weighted by Crippen LogP contribution is 2.15. The molecule has 0 saturated heterocycles. The lowest BCUT2D eigenvalue weighted by Crippen LogP contribution is -2.01. The van der Waals surface area contributed by atoms with Crippen molar-refractivity contribution in [1.29, 1.82) is 0 Å². The first kappa shape index (κ1) is 11.6. The Morgan fingerprint density at radius 2 is 2.18 bits per heavy atom. The molecule has 4 nitrogen and oxygen atoms in total. The van der Waals surface area contributed by atoms with Crippen LogP contribution in [0.25, 0.3) is 11.1 Å². The summed E-state index contributed by atoms with van der Waals surface area (Å²) in [6, 6.07) is 5.04. The van der Waals surface area contributed by atoms with Crippen LogP contribution in [0, 0.1) is 5.92 Å². The van der Waals surface area contributed by atoms with Crippen LogP contribution >= 0.6 is 0 Å². The largest absolute Gasteiger partial charge is 0.417 e. The maximum absolute atomic E-state index is 11.9. The standard InChI is InChI=1S/C13H15NO3/c1-8(2)3-6-11(15)9-4-5-10-12(7-9)17-13(16)14-10/h4-5,7-8H,3,6H2,1-2H3,(H,14,16). The summed E-state index contributed by atoms with van der Waals surface area (Å²) in [6.45, 7) is 4.17. The van der Waals surface area contributed by atoms with Crippen molar-refractivity contribution in [2.24, 2.45) is 5.92 Å². The van der Waals surface area contributed by atoms with E-state index >= 15 is 0 Å². The van der Waals surface area contributed by atoms with E-state index in [2.05, 4.69) is 18.8 Å². The predicted octanol–water partition coefficient (Wildman–Crippen LogP) is 2.74. The zero-order chi connectivity index (χ0) is 12.4. The van der Waals surface area contributed by atoms with E-state index in [0.717, 1.165) is 6.42 Å². The van der Waals surface area contributed by atoms with Crippen molar-refractivity contribution in [1.82, 2.24) is 4.98 Å². The summed E-state index contributed by atoms with van der Waals surface area (Å²) in [5.74, 6) is 0.101. The van der Waals surface area contributed by atoms with Crippen molar-refractivity contribution in [3.63, 3.8) is 0 Å². The van der Waals surface area contributed by atoms with E-state index in [0.29, 0.717) is 29.0 Å². The summed E-state index contributed by atoms with van der Waals surface area (Å²) >= 11 is 0. The fourth-order valence-electron chi connectivity index (χ4n) is 1.68. The van der Waals surface area contributed by atoms with Crippen LogP contribution in [0.2, 0.25) is 0 Å². The van der Waals surface area contributed by atoms with Crippen molar-refractivity contribution in [2.75, 3.05) is 0 Å². The molecule has 1 aromatic heterocycles. The Kier molecular flexibility index (Phi) is 3.13. The number of carbonyl (C=O) groups excluding carboxylic acids is 1. The van der Waals surface area contributed by atoms with Crippen molar-refractivity contribution in [3.05, 3.63) is 34.3 Å². The molecule has 0 fully saturated rings. The smallest absolute Gasteiger partial charge is 0.408 e. The molecule has 2 aromatic rings. The third-order valence-corrected chi connectivity index (χ3v) is 2.69. The molecular formula is C13H15NO3. The van der Waals surface area contributed by atoms with Crippen molar-refractivity contribution < 1.29 is 9.21 Å². The number of hydrogen-bond acceptors (Lipinski definition) is 3. The second-order valence-electron chi connectivity index (χ2n) is 4.58. The number of carbonyl (C=O) groups is 1. The summed E-state index contributed by atoms with van der Waals surface area (Å²) < 4.78 is 4.92. The first-order valence-electron chi connectivity index (χ1n) is 5.72. The number of hydrogen-bond donors (Lipinski definition) is 1. The monoisotopic (exact) mass is 233 g/mol. The minimum absolute atomic E-state index is 0.0875. The van der Waals surface area contributed by atoms with Gasteiger partial charge >= 0.3 is 5.76 Å². The van der Waals surface area contributed by atoms with E-state index in [1.165, 1.54) is 0 Å². The van der Waals surface area contributed by atoms with Gasteiger partial charge in [-0.25, -0.2) is 4.79 Å². The zero-order valence-electron chi connectivity index (χ0n) is 9.95. The van der Waals surface area contributed by atoms with E-state index in [9.17, 15) is 9.59 Å². The van der Waals surface area contributed by atoms with E-state index in [1.54, 1.807) is 18.2 Å². The quantitative estimate of drug-likeness (QED) is 0.826. The number of nitrogens with one attached hydrogen (secondary N) is 1. The van der Waals surface area contributed by atoms with Gasteiger partial charge in [0.15, 0.2) is 11.4 Å². The number of ketones is 1. The number of fused-ring (bicyclic) bond motifs is 1. The topological polar surface area (TPSA) is 63.1 Å². The molecule has 4 heteroatoms.